The Kier molecular flexibility index (Phi) is 1.91. The van der Waals surface area contributed by atoms with E-state index in [0.29, 0.717) is 16.8 Å². The maximum absolute atomic E-state index is 13.7. The normalized spacial score (nSPS) is 13.6. The van der Waals surface area contributed by atoms with E-state index in [0.717, 1.165) is 0 Å². The van der Waals surface area contributed by atoms with E-state index in [1.807, 2.05) is 0 Å². The zero-order valence-corrected chi connectivity index (χ0v) is 8.66. The summed E-state index contributed by atoms with van der Waals surface area (Å²) in [6.45, 7) is 0. The summed E-state index contributed by atoms with van der Waals surface area (Å²) in [6, 6.07) is 4.50. The number of hydrogen-bond donors (Lipinski definition) is 2. The number of nitrogens with zero attached hydrogens (tertiary/aromatic N) is 1. The molecule has 2 heterocycles. The first kappa shape index (κ1) is 9.83. The lowest BCUT2D eigenvalue weighted by atomic mass is 10.1. The van der Waals surface area contributed by atoms with Gasteiger partial charge in [-0.3, -0.25) is 4.79 Å². The van der Waals surface area contributed by atoms with Gasteiger partial charge >= 0.3 is 0 Å². The summed E-state index contributed by atoms with van der Waals surface area (Å²) in [5, 5.41) is 6.17. The molecule has 86 valence electrons. The number of hydrogen-bond acceptors (Lipinski definition) is 4. The Morgan fingerprint density at radius 3 is 2.94 bits per heavy atom. The number of rotatable bonds is 1. The SMILES string of the molecule is Nc1cc(-c2cc(F)c3c(c2)CC(=O)N3)no1. The third-order valence-electron chi connectivity index (χ3n) is 2.61. The number of nitrogens with two attached hydrogens (primary N) is 1. The summed E-state index contributed by atoms with van der Waals surface area (Å²) >= 11 is 0. The molecule has 1 amide bonds. The van der Waals surface area contributed by atoms with E-state index in [-0.39, 0.29) is 23.9 Å². The first-order chi connectivity index (χ1) is 8.13. The monoisotopic (exact) mass is 233 g/mol. The van der Waals surface area contributed by atoms with Crippen molar-refractivity contribution >= 4 is 17.5 Å². The van der Waals surface area contributed by atoms with Crippen LogP contribution in [0, 0.1) is 5.82 Å². The largest absolute Gasteiger partial charge is 0.368 e. The lowest BCUT2D eigenvalue weighted by molar-refractivity contribution is -0.115. The second kappa shape index (κ2) is 3.31. The van der Waals surface area contributed by atoms with Gasteiger partial charge in [0.1, 0.15) is 11.5 Å². The Labute approximate surface area is 95.4 Å². The van der Waals surface area contributed by atoms with Gasteiger partial charge < -0.3 is 15.6 Å². The minimum absolute atomic E-state index is 0.162. The Bertz CT molecular complexity index is 621. The lowest BCUT2D eigenvalue weighted by Gasteiger charge is -2.02. The zero-order chi connectivity index (χ0) is 12.0. The Morgan fingerprint density at radius 1 is 1.41 bits per heavy atom. The van der Waals surface area contributed by atoms with Crippen molar-refractivity contribution in [2.45, 2.75) is 6.42 Å². The molecule has 0 saturated carbocycles. The molecule has 0 radical (unpaired) electrons. The van der Waals surface area contributed by atoms with E-state index in [9.17, 15) is 9.18 Å². The van der Waals surface area contributed by atoms with Crippen LogP contribution in [0.3, 0.4) is 0 Å². The van der Waals surface area contributed by atoms with Crippen molar-refractivity contribution in [3.63, 3.8) is 0 Å². The molecule has 3 rings (SSSR count). The highest BCUT2D eigenvalue weighted by molar-refractivity contribution is 5.99. The molecule has 3 N–H and O–H groups in total. The predicted molar refractivity (Wildman–Crippen MR) is 58.6 cm³/mol. The quantitative estimate of drug-likeness (QED) is 0.783. The van der Waals surface area contributed by atoms with Crippen LogP contribution in [0.4, 0.5) is 16.0 Å². The number of aromatic nitrogens is 1. The molecular weight excluding hydrogens is 225 g/mol. The minimum atomic E-state index is -0.482. The van der Waals surface area contributed by atoms with Gasteiger partial charge in [-0.25, -0.2) is 4.39 Å². The molecule has 1 aliphatic rings. The van der Waals surface area contributed by atoms with Gasteiger partial charge in [0.25, 0.3) is 0 Å². The average molecular weight is 233 g/mol. The number of nitrogen functional groups attached to an aromatic ring is 1. The number of benzene rings is 1. The van der Waals surface area contributed by atoms with Gasteiger partial charge in [-0.15, -0.1) is 0 Å². The number of fused-ring (bicyclic) bond motifs is 1. The van der Waals surface area contributed by atoms with Crippen LogP contribution in [0.25, 0.3) is 11.3 Å². The van der Waals surface area contributed by atoms with Crippen LogP contribution in [0.15, 0.2) is 22.7 Å². The standard InChI is InChI=1S/C11H8FN3O2/c12-7-2-5(8-4-9(13)17-15-8)1-6-3-10(16)14-11(6)7/h1-2,4H,3,13H2,(H,14,16). The van der Waals surface area contributed by atoms with Crippen LogP contribution in [0.2, 0.25) is 0 Å². The maximum Gasteiger partial charge on any atom is 0.228 e. The number of halogens is 1. The van der Waals surface area contributed by atoms with Gasteiger partial charge in [0.05, 0.1) is 12.1 Å². The third kappa shape index (κ3) is 1.54. The van der Waals surface area contributed by atoms with Gasteiger partial charge in [-0.05, 0) is 17.7 Å². The summed E-state index contributed by atoms with van der Waals surface area (Å²) in [4.78, 5) is 11.2. The molecule has 17 heavy (non-hydrogen) atoms. The van der Waals surface area contributed by atoms with Gasteiger partial charge in [0.2, 0.25) is 11.8 Å². The van der Waals surface area contributed by atoms with Crippen LogP contribution < -0.4 is 11.1 Å². The highest BCUT2D eigenvalue weighted by Crippen LogP contribution is 2.31. The number of nitrogens with one attached hydrogen (secondary N) is 1. The Balaban J connectivity index is 2.12. The first-order valence-electron chi connectivity index (χ1n) is 4.98. The highest BCUT2D eigenvalue weighted by Gasteiger charge is 2.22. The van der Waals surface area contributed by atoms with Crippen molar-refractivity contribution in [1.82, 2.24) is 5.16 Å². The fourth-order valence-electron chi connectivity index (χ4n) is 1.87. The van der Waals surface area contributed by atoms with Gasteiger partial charge in [0, 0.05) is 11.6 Å². The van der Waals surface area contributed by atoms with E-state index in [4.69, 9.17) is 10.3 Å². The van der Waals surface area contributed by atoms with Gasteiger partial charge in [-0.2, -0.15) is 0 Å². The maximum atomic E-state index is 13.7. The lowest BCUT2D eigenvalue weighted by Crippen LogP contribution is -2.04. The second-order valence-corrected chi connectivity index (χ2v) is 3.83. The summed E-state index contributed by atoms with van der Waals surface area (Å²) in [7, 11) is 0. The molecule has 0 fully saturated rings. The van der Waals surface area contributed by atoms with Crippen LogP contribution in [0.1, 0.15) is 5.56 Å². The van der Waals surface area contributed by atoms with Crippen molar-refractivity contribution in [3.8, 4) is 11.3 Å². The molecule has 5 nitrogen and oxygen atoms in total. The van der Waals surface area contributed by atoms with Crippen molar-refractivity contribution in [2.75, 3.05) is 11.1 Å². The molecule has 0 unspecified atom stereocenters. The molecule has 2 aromatic rings. The van der Waals surface area contributed by atoms with Crippen molar-refractivity contribution < 1.29 is 13.7 Å². The number of carbonyl (C=O) groups is 1. The molecule has 0 saturated heterocycles. The van der Waals surface area contributed by atoms with E-state index in [1.54, 1.807) is 6.07 Å². The summed E-state index contributed by atoms with van der Waals surface area (Å²) in [5.41, 5.74) is 7.25. The van der Waals surface area contributed by atoms with E-state index < -0.39 is 5.82 Å². The molecule has 0 bridgehead atoms. The summed E-state index contributed by atoms with van der Waals surface area (Å²) < 4.78 is 18.4. The smallest absolute Gasteiger partial charge is 0.228 e. The Hall–Kier alpha value is -2.37. The zero-order valence-electron chi connectivity index (χ0n) is 8.66. The average Bonchev–Trinajstić information content (AvgIpc) is 2.83. The molecule has 0 aliphatic carbocycles. The van der Waals surface area contributed by atoms with Crippen molar-refractivity contribution in [1.29, 1.82) is 0 Å². The molecule has 1 aliphatic heterocycles. The molecular formula is C11H8FN3O2. The number of anilines is 2. The van der Waals surface area contributed by atoms with Crippen LogP contribution in [-0.2, 0) is 11.2 Å². The summed E-state index contributed by atoms with van der Waals surface area (Å²) in [5.74, 6) is -0.532. The van der Waals surface area contributed by atoms with Gasteiger partial charge in [0.15, 0.2) is 0 Å². The second-order valence-electron chi connectivity index (χ2n) is 3.83. The van der Waals surface area contributed by atoms with E-state index >= 15 is 0 Å². The van der Waals surface area contributed by atoms with Gasteiger partial charge in [-0.1, -0.05) is 5.16 Å². The highest BCUT2D eigenvalue weighted by atomic mass is 19.1. The Morgan fingerprint density at radius 2 is 2.24 bits per heavy atom. The minimum Gasteiger partial charge on any atom is -0.368 e. The molecule has 1 aromatic heterocycles. The number of carbonyl (C=O) groups excluding carboxylic acids is 1. The van der Waals surface area contributed by atoms with E-state index in [2.05, 4.69) is 10.5 Å². The predicted octanol–water partition coefficient (Wildman–Crippen LogP) is 1.56. The molecule has 0 atom stereocenters. The number of amides is 1. The van der Waals surface area contributed by atoms with Crippen molar-refractivity contribution in [3.05, 3.63) is 29.6 Å². The fourth-order valence-corrected chi connectivity index (χ4v) is 1.87. The molecule has 6 heteroatoms. The third-order valence-corrected chi connectivity index (χ3v) is 2.61. The van der Waals surface area contributed by atoms with Crippen LogP contribution in [0.5, 0.6) is 0 Å². The van der Waals surface area contributed by atoms with E-state index in [1.165, 1.54) is 12.1 Å². The van der Waals surface area contributed by atoms with Crippen LogP contribution in [-0.4, -0.2) is 11.1 Å². The van der Waals surface area contributed by atoms with Crippen LogP contribution >= 0.6 is 0 Å². The molecule has 1 aromatic carbocycles. The van der Waals surface area contributed by atoms with Crippen molar-refractivity contribution in [2.24, 2.45) is 0 Å². The molecule has 0 spiro atoms. The first-order valence-corrected chi connectivity index (χ1v) is 4.98. The fraction of sp³-hybridized carbons (Fsp3) is 0.0909. The topological polar surface area (TPSA) is 81.2 Å². The summed E-state index contributed by atoms with van der Waals surface area (Å²) in [6.07, 6.45) is 0.174.